The Morgan fingerprint density at radius 1 is 1.36 bits per heavy atom. The summed E-state index contributed by atoms with van der Waals surface area (Å²) in [6.45, 7) is 4.18. The SMILES string of the molecule is C[C@@H]1c2ccccc2C[C@H](C)N1C=O. The minimum absolute atomic E-state index is 0.215. The summed E-state index contributed by atoms with van der Waals surface area (Å²) in [7, 11) is 0. The van der Waals surface area contributed by atoms with E-state index in [-0.39, 0.29) is 6.04 Å². The van der Waals surface area contributed by atoms with Crippen molar-refractivity contribution in [2.75, 3.05) is 0 Å². The lowest BCUT2D eigenvalue weighted by Crippen LogP contribution is -2.39. The summed E-state index contributed by atoms with van der Waals surface area (Å²) < 4.78 is 0. The summed E-state index contributed by atoms with van der Waals surface area (Å²) in [5, 5.41) is 0. The molecule has 0 unspecified atom stereocenters. The lowest BCUT2D eigenvalue weighted by Gasteiger charge is -2.37. The molecule has 1 amide bonds. The van der Waals surface area contributed by atoms with Crippen molar-refractivity contribution in [1.82, 2.24) is 4.90 Å². The number of hydrogen-bond acceptors (Lipinski definition) is 1. The van der Waals surface area contributed by atoms with E-state index in [1.54, 1.807) is 0 Å². The Hall–Kier alpha value is -1.31. The Morgan fingerprint density at radius 3 is 2.79 bits per heavy atom. The number of rotatable bonds is 1. The van der Waals surface area contributed by atoms with Crippen LogP contribution in [0.2, 0.25) is 0 Å². The summed E-state index contributed by atoms with van der Waals surface area (Å²) in [6.07, 6.45) is 1.94. The fourth-order valence-corrected chi connectivity index (χ4v) is 2.29. The van der Waals surface area contributed by atoms with Gasteiger partial charge in [-0.1, -0.05) is 24.3 Å². The highest BCUT2D eigenvalue weighted by Gasteiger charge is 2.27. The van der Waals surface area contributed by atoms with Gasteiger partial charge < -0.3 is 4.90 Å². The number of benzene rings is 1. The molecule has 1 aliphatic heterocycles. The van der Waals surface area contributed by atoms with E-state index in [1.807, 2.05) is 11.0 Å². The van der Waals surface area contributed by atoms with E-state index in [0.29, 0.717) is 6.04 Å². The van der Waals surface area contributed by atoms with Crippen LogP contribution >= 0.6 is 0 Å². The van der Waals surface area contributed by atoms with Crippen LogP contribution in [0.25, 0.3) is 0 Å². The van der Waals surface area contributed by atoms with E-state index >= 15 is 0 Å². The van der Waals surface area contributed by atoms with Crippen molar-refractivity contribution < 1.29 is 4.79 Å². The number of amides is 1. The zero-order chi connectivity index (χ0) is 10.1. The van der Waals surface area contributed by atoms with Crippen molar-refractivity contribution in [2.24, 2.45) is 0 Å². The average Bonchev–Trinajstić information content (AvgIpc) is 2.18. The first kappa shape index (κ1) is 9.25. The van der Waals surface area contributed by atoms with Crippen molar-refractivity contribution >= 4 is 6.41 Å². The molecule has 14 heavy (non-hydrogen) atoms. The highest BCUT2D eigenvalue weighted by molar-refractivity contribution is 5.51. The minimum Gasteiger partial charge on any atom is -0.335 e. The van der Waals surface area contributed by atoms with Gasteiger partial charge in [-0.2, -0.15) is 0 Å². The normalized spacial score (nSPS) is 25.7. The molecule has 1 heterocycles. The van der Waals surface area contributed by atoms with Gasteiger partial charge in [0.25, 0.3) is 0 Å². The lowest BCUT2D eigenvalue weighted by molar-refractivity contribution is -0.122. The second kappa shape index (κ2) is 3.45. The fraction of sp³-hybridized carbons (Fsp3) is 0.417. The molecule has 0 N–H and O–H groups in total. The van der Waals surface area contributed by atoms with Crippen LogP contribution in [0.3, 0.4) is 0 Å². The van der Waals surface area contributed by atoms with Gasteiger partial charge in [0.05, 0.1) is 6.04 Å². The Labute approximate surface area is 84.5 Å². The molecular formula is C12H15NO. The van der Waals surface area contributed by atoms with Crippen molar-refractivity contribution in [1.29, 1.82) is 0 Å². The van der Waals surface area contributed by atoms with Gasteiger partial charge in [-0.15, -0.1) is 0 Å². The van der Waals surface area contributed by atoms with Crippen LogP contribution in [0, 0.1) is 0 Å². The van der Waals surface area contributed by atoms with E-state index in [2.05, 4.69) is 32.0 Å². The zero-order valence-electron chi connectivity index (χ0n) is 8.60. The molecule has 0 fully saturated rings. The largest absolute Gasteiger partial charge is 0.335 e. The van der Waals surface area contributed by atoms with Crippen LogP contribution in [-0.2, 0) is 11.2 Å². The number of carbonyl (C=O) groups is 1. The molecule has 0 spiro atoms. The first-order valence-electron chi connectivity index (χ1n) is 5.04. The van der Waals surface area contributed by atoms with Gasteiger partial charge in [-0.3, -0.25) is 4.79 Å². The van der Waals surface area contributed by atoms with Crippen LogP contribution in [-0.4, -0.2) is 17.4 Å². The van der Waals surface area contributed by atoms with E-state index in [0.717, 1.165) is 12.8 Å². The van der Waals surface area contributed by atoms with Crippen LogP contribution < -0.4 is 0 Å². The molecule has 0 bridgehead atoms. The zero-order valence-corrected chi connectivity index (χ0v) is 8.60. The molecular weight excluding hydrogens is 174 g/mol. The fourth-order valence-electron chi connectivity index (χ4n) is 2.29. The third-order valence-electron chi connectivity index (χ3n) is 3.10. The van der Waals surface area contributed by atoms with Gasteiger partial charge in [0.2, 0.25) is 6.41 Å². The van der Waals surface area contributed by atoms with Gasteiger partial charge in [-0.25, -0.2) is 0 Å². The van der Waals surface area contributed by atoms with Gasteiger partial charge in [0.15, 0.2) is 0 Å². The van der Waals surface area contributed by atoms with Crippen LogP contribution in [0.1, 0.15) is 31.0 Å². The first-order valence-corrected chi connectivity index (χ1v) is 5.04. The average molecular weight is 189 g/mol. The Kier molecular flexibility index (Phi) is 2.28. The third-order valence-corrected chi connectivity index (χ3v) is 3.10. The number of fused-ring (bicyclic) bond motifs is 1. The molecule has 74 valence electrons. The van der Waals surface area contributed by atoms with Gasteiger partial charge in [0.1, 0.15) is 0 Å². The quantitative estimate of drug-likeness (QED) is 0.620. The first-order chi connectivity index (χ1) is 6.74. The monoisotopic (exact) mass is 189 g/mol. The second-order valence-corrected chi connectivity index (χ2v) is 3.98. The molecule has 2 rings (SSSR count). The summed E-state index contributed by atoms with van der Waals surface area (Å²) in [5.41, 5.74) is 2.67. The van der Waals surface area contributed by atoms with E-state index < -0.39 is 0 Å². The highest BCUT2D eigenvalue weighted by Crippen LogP contribution is 2.30. The van der Waals surface area contributed by atoms with Crippen molar-refractivity contribution in [3.8, 4) is 0 Å². The highest BCUT2D eigenvalue weighted by atomic mass is 16.1. The second-order valence-electron chi connectivity index (χ2n) is 3.98. The van der Waals surface area contributed by atoms with Gasteiger partial charge in [-0.05, 0) is 31.4 Å². The molecule has 2 atom stereocenters. The third kappa shape index (κ3) is 1.31. The summed E-state index contributed by atoms with van der Waals surface area (Å²) in [6, 6.07) is 8.90. The van der Waals surface area contributed by atoms with Gasteiger partial charge in [0, 0.05) is 6.04 Å². The predicted molar refractivity (Wildman–Crippen MR) is 55.9 cm³/mol. The maximum atomic E-state index is 10.9. The number of nitrogens with zero attached hydrogens (tertiary/aromatic N) is 1. The van der Waals surface area contributed by atoms with Crippen LogP contribution in [0.4, 0.5) is 0 Å². The maximum absolute atomic E-state index is 10.9. The van der Waals surface area contributed by atoms with E-state index in [4.69, 9.17) is 0 Å². The van der Waals surface area contributed by atoms with E-state index in [1.165, 1.54) is 11.1 Å². The van der Waals surface area contributed by atoms with Crippen LogP contribution in [0.15, 0.2) is 24.3 Å². The van der Waals surface area contributed by atoms with Crippen molar-refractivity contribution in [3.63, 3.8) is 0 Å². The predicted octanol–water partition coefficient (Wildman–Crippen LogP) is 2.15. The summed E-state index contributed by atoms with van der Waals surface area (Å²) in [5.74, 6) is 0. The summed E-state index contributed by atoms with van der Waals surface area (Å²) in [4.78, 5) is 12.8. The molecule has 2 heteroatoms. The summed E-state index contributed by atoms with van der Waals surface area (Å²) >= 11 is 0. The van der Waals surface area contributed by atoms with E-state index in [9.17, 15) is 4.79 Å². The molecule has 1 aromatic carbocycles. The van der Waals surface area contributed by atoms with Crippen LogP contribution in [0.5, 0.6) is 0 Å². The number of carbonyl (C=O) groups excluding carboxylic acids is 1. The molecule has 2 nitrogen and oxygen atoms in total. The molecule has 0 aliphatic carbocycles. The van der Waals surface area contributed by atoms with Crippen molar-refractivity contribution in [2.45, 2.75) is 32.4 Å². The lowest BCUT2D eigenvalue weighted by atomic mass is 9.90. The molecule has 0 radical (unpaired) electrons. The standard InChI is InChI=1S/C12H15NO/c1-9-7-11-5-3-4-6-12(11)10(2)13(9)8-14/h3-6,8-10H,7H2,1-2H3/t9-,10+/m0/s1. The van der Waals surface area contributed by atoms with Crippen molar-refractivity contribution in [3.05, 3.63) is 35.4 Å². The topological polar surface area (TPSA) is 20.3 Å². The smallest absolute Gasteiger partial charge is 0.210 e. The minimum atomic E-state index is 0.215. The van der Waals surface area contributed by atoms with Gasteiger partial charge >= 0.3 is 0 Å². The Bertz CT molecular complexity index is 348. The molecule has 0 saturated heterocycles. The molecule has 1 aromatic rings. The molecule has 1 aliphatic rings. The molecule has 0 aromatic heterocycles. The Balaban J connectivity index is 2.43. The maximum Gasteiger partial charge on any atom is 0.210 e. The number of hydrogen-bond donors (Lipinski definition) is 0. The molecule has 0 saturated carbocycles. The Morgan fingerprint density at radius 2 is 2.07 bits per heavy atom.